The molecule has 2 aromatic rings. The Kier molecular flexibility index (Phi) is 4.20. The van der Waals surface area contributed by atoms with Crippen LogP contribution in [0.15, 0.2) is 27.8 Å². The highest BCUT2D eigenvalue weighted by molar-refractivity contribution is 5.92. The largest absolute Gasteiger partial charge is 0.478 e. The van der Waals surface area contributed by atoms with E-state index in [1.807, 2.05) is 0 Å². The fraction of sp³-hybridized carbons (Fsp3) is 0.375. The Morgan fingerprint density at radius 1 is 1.21 bits per heavy atom. The summed E-state index contributed by atoms with van der Waals surface area (Å²) in [6.07, 6.45) is 1.91. The van der Waals surface area contributed by atoms with Gasteiger partial charge in [-0.05, 0) is 31.0 Å². The van der Waals surface area contributed by atoms with E-state index >= 15 is 0 Å². The number of nitrogens with zero attached hydrogens (tertiary/aromatic N) is 2. The van der Waals surface area contributed by atoms with E-state index in [1.165, 1.54) is 18.2 Å². The molecule has 1 aliphatic heterocycles. The van der Waals surface area contributed by atoms with E-state index in [-0.39, 0.29) is 28.9 Å². The van der Waals surface area contributed by atoms with Gasteiger partial charge in [-0.2, -0.15) is 0 Å². The van der Waals surface area contributed by atoms with Gasteiger partial charge in [0.1, 0.15) is 0 Å². The average molecular weight is 331 g/mol. The Bertz CT molecular complexity index is 927. The summed E-state index contributed by atoms with van der Waals surface area (Å²) in [5, 5.41) is 9.23. The lowest BCUT2D eigenvalue weighted by molar-refractivity contribution is -0.127. The molecule has 0 saturated carbocycles. The Morgan fingerprint density at radius 3 is 2.67 bits per heavy atom. The van der Waals surface area contributed by atoms with E-state index in [0.29, 0.717) is 19.4 Å². The van der Waals surface area contributed by atoms with Gasteiger partial charge in [0.2, 0.25) is 5.91 Å². The van der Waals surface area contributed by atoms with Crippen LogP contribution < -0.4 is 11.2 Å². The molecule has 126 valence electrons. The number of nitrogens with one attached hydrogen (secondary N) is 1. The molecule has 1 aromatic carbocycles. The van der Waals surface area contributed by atoms with Crippen LogP contribution in [0, 0.1) is 0 Å². The number of H-pyrrole nitrogens is 1. The summed E-state index contributed by atoms with van der Waals surface area (Å²) < 4.78 is 1.09. The first-order valence-electron chi connectivity index (χ1n) is 7.75. The van der Waals surface area contributed by atoms with Crippen molar-refractivity contribution in [2.45, 2.75) is 25.8 Å². The molecule has 0 atom stereocenters. The van der Waals surface area contributed by atoms with E-state index in [9.17, 15) is 19.2 Å². The van der Waals surface area contributed by atoms with Gasteiger partial charge in [-0.1, -0.05) is 0 Å². The van der Waals surface area contributed by atoms with Gasteiger partial charge in [0.25, 0.3) is 5.56 Å². The highest BCUT2D eigenvalue weighted by atomic mass is 16.4. The Balaban J connectivity index is 1.84. The van der Waals surface area contributed by atoms with Crippen LogP contribution in [-0.2, 0) is 11.3 Å². The van der Waals surface area contributed by atoms with Crippen molar-refractivity contribution in [1.82, 2.24) is 14.5 Å². The quantitative estimate of drug-likeness (QED) is 0.823. The number of likely N-dealkylation sites (tertiary alicyclic amines) is 1. The van der Waals surface area contributed by atoms with Crippen molar-refractivity contribution in [2.24, 2.45) is 0 Å². The number of benzene rings is 1. The van der Waals surface area contributed by atoms with Gasteiger partial charge < -0.3 is 15.0 Å². The number of rotatable bonds is 5. The van der Waals surface area contributed by atoms with Gasteiger partial charge in [-0.3, -0.25) is 14.2 Å². The van der Waals surface area contributed by atoms with Crippen LogP contribution in [-0.4, -0.2) is 44.5 Å². The minimum atomic E-state index is -1.13. The Hall–Kier alpha value is -2.90. The Morgan fingerprint density at radius 2 is 2.00 bits per heavy atom. The number of aromatic carboxylic acids is 1. The van der Waals surface area contributed by atoms with Gasteiger partial charge >= 0.3 is 11.7 Å². The zero-order valence-electron chi connectivity index (χ0n) is 12.9. The second-order valence-electron chi connectivity index (χ2n) is 5.79. The number of amides is 1. The minimum absolute atomic E-state index is 0.00263. The molecule has 0 radical (unpaired) electrons. The third kappa shape index (κ3) is 2.94. The third-order valence-corrected chi connectivity index (χ3v) is 4.21. The molecule has 3 rings (SSSR count). The van der Waals surface area contributed by atoms with Gasteiger partial charge in [0.05, 0.1) is 16.5 Å². The maximum atomic E-state index is 12.4. The number of carbonyl (C=O) groups excluding carboxylic acids is 1. The average Bonchev–Trinajstić information content (AvgIpc) is 2.95. The summed E-state index contributed by atoms with van der Waals surface area (Å²) >= 11 is 0. The molecule has 0 bridgehead atoms. The zero-order valence-corrected chi connectivity index (χ0v) is 12.9. The number of carboxylic acids is 1. The molecule has 1 amide bonds. The van der Waals surface area contributed by atoms with Crippen molar-refractivity contribution < 1.29 is 14.7 Å². The van der Waals surface area contributed by atoms with E-state index in [4.69, 9.17) is 5.11 Å². The van der Waals surface area contributed by atoms with Crippen LogP contribution in [0.5, 0.6) is 0 Å². The topological polar surface area (TPSA) is 112 Å². The summed E-state index contributed by atoms with van der Waals surface area (Å²) in [5.41, 5.74) is -0.833. The number of carbonyl (C=O) groups is 2. The molecule has 0 unspecified atom stereocenters. The molecule has 8 nitrogen and oxygen atoms in total. The number of aromatic amines is 1. The van der Waals surface area contributed by atoms with E-state index < -0.39 is 17.2 Å². The van der Waals surface area contributed by atoms with Gasteiger partial charge in [-0.25, -0.2) is 9.59 Å². The fourth-order valence-electron chi connectivity index (χ4n) is 2.95. The van der Waals surface area contributed by atoms with Crippen LogP contribution in [0.4, 0.5) is 0 Å². The number of aromatic nitrogens is 2. The number of hydrogen-bond acceptors (Lipinski definition) is 4. The molecule has 1 aliphatic rings. The second-order valence-corrected chi connectivity index (χ2v) is 5.79. The summed E-state index contributed by atoms with van der Waals surface area (Å²) in [4.78, 5) is 51.3. The predicted molar refractivity (Wildman–Crippen MR) is 86.2 cm³/mol. The minimum Gasteiger partial charge on any atom is -0.478 e. The summed E-state index contributed by atoms with van der Waals surface area (Å²) in [6.45, 7) is 1.44. The van der Waals surface area contributed by atoms with Gasteiger partial charge in [-0.15, -0.1) is 0 Å². The maximum absolute atomic E-state index is 12.4. The van der Waals surface area contributed by atoms with Gasteiger partial charge in [0, 0.05) is 26.1 Å². The smallest absolute Gasteiger partial charge is 0.335 e. The van der Waals surface area contributed by atoms with E-state index in [0.717, 1.165) is 17.5 Å². The lowest BCUT2D eigenvalue weighted by atomic mass is 10.1. The van der Waals surface area contributed by atoms with Crippen molar-refractivity contribution in [3.8, 4) is 0 Å². The maximum Gasteiger partial charge on any atom is 0.335 e. The first-order valence-corrected chi connectivity index (χ1v) is 7.75. The molecule has 0 aliphatic carbocycles. The third-order valence-electron chi connectivity index (χ3n) is 4.21. The number of hydrogen-bond donors (Lipinski definition) is 2. The molecule has 2 N–H and O–H groups in total. The van der Waals surface area contributed by atoms with Crippen LogP contribution in [0.2, 0.25) is 0 Å². The summed E-state index contributed by atoms with van der Waals surface area (Å²) in [6, 6.07) is 4.00. The Labute approximate surface area is 136 Å². The van der Waals surface area contributed by atoms with Crippen molar-refractivity contribution in [3.05, 3.63) is 44.6 Å². The van der Waals surface area contributed by atoms with E-state index in [2.05, 4.69) is 4.98 Å². The molecule has 0 spiro atoms. The molecule has 2 heterocycles. The van der Waals surface area contributed by atoms with Crippen LogP contribution in [0.25, 0.3) is 10.9 Å². The predicted octanol–water partition coefficient (Wildman–Crippen LogP) is 0.400. The van der Waals surface area contributed by atoms with Gasteiger partial charge in [0.15, 0.2) is 0 Å². The standard InChI is InChI=1S/C16H17N3O5/c20-13-3-1-6-18(13)7-2-8-19-14(21)11-5-4-10(15(22)23)9-12(11)17-16(19)24/h4-5,9H,1-3,6-8H2,(H,17,24)(H,22,23). The SMILES string of the molecule is O=C(O)c1ccc2c(=O)n(CCCN3CCCC3=O)c(=O)[nH]c2c1. The van der Waals surface area contributed by atoms with E-state index in [1.54, 1.807) is 4.90 Å². The zero-order chi connectivity index (χ0) is 17.3. The molecule has 1 aromatic heterocycles. The molecular formula is C16H17N3O5. The fourth-order valence-corrected chi connectivity index (χ4v) is 2.95. The molecule has 1 saturated heterocycles. The monoisotopic (exact) mass is 331 g/mol. The number of fused-ring (bicyclic) bond motifs is 1. The molecule has 1 fully saturated rings. The van der Waals surface area contributed by atoms with Crippen LogP contribution in [0.3, 0.4) is 0 Å². The molecular weight excluding hydrogens is 314 g/mol. The lowest BCUT2D eigenvalue weighted by Crippen LogP contribution is -2.36. The highest BCUT2D eigenvalue weighted by Crippen LogP contribution is 2.11. The molecule has 8 heteroatoms. The van der Waals surface area contributed by atoms with Crippen molar-refractivity contribution >= 4 is 22.8 Å². The second kappa shape index (κ2) is 6.31. The molecule has 24 heavy (non-hydrogen) atoms. The van der Waals surface area contributed by atoms with Crippen LogP contribution in [0.1, 0.15) is 29.6 Å². The van der Waals surface area contributed by atoms with Crippen molar-refractivity contribution in [3.63, 3.8) is 0 Å². The van der Waals surface area contributed by atoms with Crippen LogP contribution >= 0.6 is 0 Å². The first kappa shape index (κ1) is 16.0. The summed E-state index contributed by atoms with van der Waals surface area (Å²) in [7, 11) is 0. The first-order chi connectivity index (χ1) is 11.5. The lowest BCUT2D eigenvalue weighted by Gasteiger charge is -2.15. The highest BCUT2D eigenvalue weighted by Gasteiger charge is 2.19. The van der Waals surface area contributed by atoms with Crippen molar-refractivity contribution in [2.75, 3.05) is 13.1 Å². The normalized spacial score (nSPS) is 14.5. The van der Waals surface area contributed by atoms with Crippen molar-refractivity contribution in [1.29, 1.82) is 0 Å². The number of carboxylic acid groups (broad SMARTS) is 1. The summed E-state index contributed by atoms with van der Waals surface area (Å²) in [5.74, 6) is -1.02.